The Morgan fingerprint density at radius 2 is 1.00 bits per heavy atom. The van der Waals surface area contributed by atoms with Gasteiger partial charge in [0, 0.05) is 162 Å². The van der Waals surface area contributed by atoms with Gasteiger partial charge in [-0.05, 0) is 67.8 Å². The Morgan fingerprint density at radius 1 is 0.602 bits per heavy atom. The summed E-state index contributed by atoms with van der Waals surface area (Å²) in [7, 11) is 0. The summed E-state index contributed by atoms with van der Waals surface area (Å²) in [4.78, 5) is 101. The van der Waals surface area contributed by atoms with Gasteiger partial charge in [-0.25, -0.2) is 8.78 Å². The number of hydrogen-bond donors (Lipinski definition) is 6. The lowest BCUT2D eigenvalue weighted by Crippen LogP contribution is -2.62. The van der Waals surface area contributed by atoms with Crippen molar-refractivity contribution in [3.05, 3.63) is 127 Å². The summed E-state index contributed by atoms with van der Waals surface area (Å²) >= 11 is 0. The molecule has 6 atom stereocenters. The molecule has 8 heterocycles. The number of ether oxygens (including phenoxy) is 2. The maximum Gasteiger partial charge on any atom is 0.251 e. The summed E-state index contributed by atoms with van der Waals surface area (Å²) in [5.74, 6) is -1.26. The highest BCUT2D eigenvalue weighted by Crippen LogP contribution is 2.40. The van der Waals surface area contributed by atoms with E-state index in [1.54, 1.807) is 34.1 Å². The number of morpholine rings is 2. The van der Waals surface area contributed by atoms with E-state index in [2.05, 4.69) is 64.7 Å². The molecule has 0 spiro atoms. The third kappa shape index (κ3) is 14.3. The number of anilines is 2. The van der Waals surface area contributed by atoms with Crippen molar-refractivity contribution in [1.82, 2.24) is 50.8 Å². The van der Waals surface area contributed by atoms with Gasteiger partial charge in [-0.1, -0.05) is 52.0 Å². The van der Waals surface area contributed by atoms with Crippen molar-refractivity contribution in [2.75, 3.05) is 128 Å². The topological polar surface area (TPSA) is 220 Å². The van der Waals surface area contributed by atoms with Crippen LogP contribution in [0.15, 0.2) is 70.3 Å². The summed E-state index contributed by atoms with van der Waals surface area (Å²) in [6, 6.07) is 16.1. The lowest BCUT2D eigenvalue weighted by molar-refractivity contribution is -0.139. The lowest BCUT2D eigenvalue weighted by Gasteiger charge is -2.43. The third-order valence-electron chi connectivity index (χ3n) is 17.4. The molecule has 4 fully saturated rings. The van der Waals surface area contributed by atoms with E-state index in [0.717, 1.165) is 22.5 Å². The molecular weight excluding hydrogens is 1070 g/mol. The molecule has 448 valence electrons. The van der Waals surface area contributed by atoms with Crippen LogP contribution in [-0.4, -0.2) is 208 Å². The van der Waals surface area contributed by atoms with Crippen molar-refractivity contribution in [3.8, 4) is 0 Å². The van der Waals surface area contributed by atoms with Gasteiger partial charge in [0.25, 0.3) is 11.1 Å². The number of nitrogens with zero attached hydrogens (tertiary/aromatic N) is 6. The first-order valence-electron chi connectivity index (χ1n) is 29.5. The molecule has 0 saturated carbocycles. The first-order valence-corrected chi connectivity index (χ1v) is 29.5. The van der Waals surface area contributed by atoms with Crippen LogP contribution in [-0.2, 0) is 52.3 Å². The smallest absolute Gasteiger partial charge is 0.251 e. The molecule has 83 heavy (non-hydrogen) atoms. The molecule has 4 amide bonds. The zero-order valence-electron chi connectivity index (χ0n) is 48.8. The highest BCUT2D eigenvalue weighted by atomic mass is 19.1. The van der Waals surface area contributed by atoms with Crippen LogP contribution in [0.1, 0.15) is 81.6 Å². The van der Waals surface area contributed by atoms with E-state index in [0.29, 0.717) is 147 Å². The Bertz CT molecular complexity index is 2910. The second-order valence-corrected chi connectivity index (χ2v) is 25.1. The average molecular weight is 1150 g/mol. The molecule has 0 aliphatic carbocycles. The molecule has 2 aromatic carbocycles. The van der Waals surface area contributed by atoms with Gasteiger partial charge in [0.1, 0.15) is 23.8 Å². The van der Waals surface area contributed by atoms with Gasteiger partial charge in [0.2, 0.25) is 23.6 Å². The fraction of sp³-hybridized carbons (Fsp3) is 0.574. The minimum Gasteiger partial charge on any atom is -0.366 e. The zero-order chi connectivity index (χ0) is 58.7. The van der Waals surface area contributed by atoms with Crippen LogP contribution in [0.25, 0.3) is 0 Å². The normalized spacial score (nSPS) is 24.8. The van der Waals surface area contributed by atoms with Gasteiger partial charge in [-0.2, -0.15) is 0 Å². The number of amides is 4. The van der Waals surface area contributed by atoms with Crippen LogP contribution >= 0.6 is 0 Å². The second kappa shape index (κ2) is 25.5. The van der Waals surface area contributed by atoms with E-state index in [-0.39, 0.29) is 83.6 Å². The molecule has 6 aliphatic heterocycles. The maximum atomic E-state index is 14.3. The zero-order valence-corrected chi connectivity index (χ0v) is 48.8. The predicted molar refractivity (Wildman–Crippen MR) is 312 cm³/mol. The number of carbonyl (C=O) groups is 4. The van der Waals surface area contributed by atoms with Gasteiger partial charge in [0.15, 0.2) is 0 Å². The van der Waals surface area contributed by atoms with Gasteiger partial charge in [-0.3, -0.25) is 48.4 Å². The molecule has 22 heteroatoms. The maximum absolute atomic E-state index is 14.3. The van der Waals surface area contributed by atoms with E-state index >= 15 is 0 Å². The van der Waals surface area contributed by atoms with Crippen molar-refractivity contribution >= 4 is 35.0 Å². The predicted octanol–water partition coefficient (Wildman–Crippen LogP) is 1.82. The molecule has 6 N–H and O–H groups in total. The Kier molecular flexibility index (Phi) is 18.4. The summed E-state index contributed by atoms with van der Waals surface area (Å²) in [5.41, 5.74) is 4.05. The Hall–Kier alpha value is -6.24. The van der Waals surface area contributed by atoms with Crippen LogP contribution in [0.3, 0.4) is 0 Å². The van der Waals surface area contributed by atoms with Crippen molar-refractivity contribution in [2.24, 2.45) is 0 Å². The number of hydrogen-bond acceptors (Lipinski definition) is 14. The standard InChI is InChI=1S/C61H82F2N12O8/c1-38-28-72(34-52(76)74-36-60(3,4)54-48(74)24-42(56(78)68-54)22-40-8-12-44(62)13-9-40)46(26-66-38)30-70-18-20-82-50(32-70)58(80)64-16-7-17-65-59(81)51-33-71(19-21-83-51)31-47-27-67-39(2)29-73(47)35-53(77)75-37-61(5,6)55-49(75)25-43(57(79)69-55)23-41-10-14-45(63)15-11-41/h8-15,24-25,38-39,46-47,50-51,66-67H,7,16-23,26-37H2,1-6H3,(H,64,80)(H,65,81)(H,68,78)(H,69,79)/t38-,39-,46-,47-,50+,51+/m1/s1. The van der Waals surface area contributed by atoms with Gasteiger partial charge < -0.3 is 50.5 Å². The Morgan fingerprint density at radius 3 is 1.40 bits per heavy atom. The average Bonchev–Trinajstić information content (AvgIpc) is 4.03. The van der Waals surface area contributed by atoms with Crippen LogP contribution < -0.4 is 42.2 Å². The van der Waals surface area contributed by atoms with Crippen molar-refractivity contribution in [2.45, 2.75) is 108 Å². The van der Waals surface area contributed by atoms with Crippen molar-refractivity contribution < 1.29 is 37.4 Å². The number of pyridine rings is 2. The number of H-pyrrole nitrogens is 2. The molecule has 6 aliphatic rings. The van der Waals surface area contributed by atoms with E-state index in [1.807, 2.05) is 39.8 Å². The number of aromatic amines is 2. The monoisotopic (exact) mass is 1150 g/mol. The number of rotatable bonds is 18. The van der Waals surface area contributed by atoms with E-state index in [1.165, 1.54) is 24.3 Å². The summed E-state index contributed by atoms with van der Waals surface area (Å²) in [5, 5.41) is 13.2. The first-order chi connectivity index (χ1) is 39.7. The fourth-order valence-corrected chi connectivity index (χ4v) is 12.8. The van der Waals surface area contributed by atoms with Gasteiger partial charge in [-0.15, -0.1) is 0 Å². The molecule has 20 nitrogen and oxygen atoms in total. The van der Waals surface area contributed by atoms with Crippen LogP contribution in [0, 0.1) is 11.6 Å². The van der Waals surface area contributed by atoms with Crippen LogP contribution in [0.2, 0.25) is 0 Å². The summed E-state index contributed by atoms with van der Waals surface area (Å²) < 4.78 is 39.2. The molecule has 10 rings (SSSR count). The molecule has 0 unspecified atom stereocenters. The van der Waals surface area contributed by atoms with Crippen LogP contribution in [0.4, 0.5) is 20.2 Å². The van der Waals surface area contributed by atoms with Crippen LogP contribution in [0.5, 0.6) is 0 Å². The number of carbonyl (C=O) groups excluding carboxylic acids is 4. The van der Waals surface area contributed by atoms with E-state index in [4.69, 9.17) is 9.47 Å². The molecule has 4 saturated heterocycles. The SMILES string of the molecule is C[C@@H]1CN(CC(=O)N2CC(C)(C)c3[nH]c(=O)c(Cc4ccc(F)cc4)cc32)[C@@H](CN2CCO[C@H](C(=O)NCCCNC(=O)[C@@H]3CN(C[C@H]4CN[C@H](C)CN4CC(=O)N4CC(C)(C)c5[nH]c(=O)c(Cc6ccc(F)cc6)cc54)CCO3)C2)CN1. The quantitative estimate of drug-likeness (QED) is 0.0784. The van der Waals surface area contributed by atoms with Crippen molar-refractivity contribution in [3.63, 3.8) is 0 Å². The minimum absolute atomic E-state index is 0.0148. The molecule has 2 aromatic heterocycles. The van der Waals surface area contributed by atoms with Gasteiger partial charge >= 0.3 is 0 Å². The summed E-state index contributed by atoms with van der Waals surface area (Å²) in [6.45, 7) is 20.9. The molecular formula is C61H82F2N12O8. The highest BCUT2D eigenvalue weighted by Gasteiger charge is 2.43. The fourth-order valence-electron chi connectivity index (χ4n) is 12.8. The van der Waals surface area contributed by atoms with E-state index in [9.17, 15) is 37.5 Å². The number of fused-ring (bicyclic) bond motifs is 2. The molecule has 0 bridgehead atoms. The molecule has 4 aromatic rings. The Balaban J connectivity index is 0.666. The largest absolute Gasteiger partial charge is 0.366 e. The number of aromatic nitrogens is 2. The number of halogens is 2. The highest BCUT2D eigenvalue weighted by molar-refractivity contribution is 5.98. The number of piperazine rings is 2. The number of nitrogens with one attached hydrogen (secondary N) is 6. The Labute approximate surface area is 484 Å². The third-order valence-corrected chi connectivity index (χ3v) is 17.4. The first kappa shape index (κ1) is 59.9. The minimum atomic E-state index is -0.680. The lowest BCUT2D eigenvalue weighted by atomic mass is 9.91. The van der Waals surface area contributed by atoms with Gasteiger partial charge in [0.05, 0.1) is 37.7 Å². The molecule has 0 radical (unpaired) electrons. The number of benzene rings is 2. The van der Waals surface area contributed by atoms with Crippen molar-refractivity contribution in [1.29, 1.82) is 0 Å². The summed E-state index contributed by atoms with van der Waals surface area (Å²) in [6.07, 6.45) is -0.247. The van der Waals surface area contributed by atoms with E-state index < -0.39 is 23.0 Å². The second-order valence-electron chi connectivity index (χ2n) is 25.1.